The van der Waals surface area contributed by atoms with E-state index in [2.05, 4.69) is 4.98 Å². The lowest BCUT2D eigenvalue weighted by atomic mass is 10.0. The molecule has 1 amide bonds. The fraction of sp³-hybridized carbons (Fsp3) is 0.192. The summed E-state index contributed by atoms with van der Waals surface area (Å²) in [5.74, 6) is -0.0695. The van der Waals surface area contributed by atoms with Crippen LogP contribution in [0.3, 0.4) is 0 Å². The summed E-state index contributed by atoms with van der Waals surface area (Å²) in [6, 6.07) is 20.9. The molecule has 0 bridgehead atoms. The predicted octanol–water partition coefficient (Wildman–Crippen LogP) is 5.37. The molecule has 0 aliphatic carbocycles. The molecule has 1 aliphatic heterocycles. The fourth-order valence-electron chi connectivity index (χ4n) is 4.78. The molecule has 7 nitrogen and oxygen atoms in total. The molecule has 1 aliphatic rings. The lowest BCUT2D eigenvalue weighted by Crippen LogP contribution is -2.41. The number of benzene rings is 2. The summed E-state index contributed by atoms with van der Waals surface area (Å²) in [6.07, 6.45) is 1.42. The fourth-order valence-corrected chi connectivity index (χ4v) is 5.59. The number of para-hydroxylation sites is 2. The third-order valence-corrected chi connectivity index (χ3v) is 7.66. The van der Waals surface area contributed by atoms with Crippen LogP contribution < -0.4 is 5.69 Å². The Bertz CT molecular complexity index is 1560. The molecule has 1 saturated heterocycles. The van der Waals surface area contributed by atoms with Crippen LogP contribution in [0.15, 0.2) is 76.9 Å². The second-order valence-electron chi connectivity index (χ2n) is 8.62. The van der Waals surface area contributed by atoms with Crippen molar-refractivity contribution in [3.63, 3.8) is 0 Å². The number of carbonyl (C=O) groups excluding carboxylic acids is 1. The lowest BCUT2D eigenvalue weighted by Gasteiger charge is -2.32. The van der Waals surface area contributed by atoms with Crippen molar-refractivity contribution >= 4 is 39.9 Å². The van der Waals surface area contributed by atoms with E-state index < -0.39 is 0 Å². The Hall–Kier alpha value is -3.62. The van der Waals surface area contributed by atoms with Gasteiger partial charge in [-0.25, -0.2) is 9.48 Å². The molecule has 2 aromatic carbocycles. The number of carbonyl (C=O) groups is 1. The maximum Gasteiger partial charge on any atom is 0.326 e. The highest BCUT2D eigenvalue weighted by Crippen LogP contribution is 2.29. The van der Waals surface area contributed by atoms with Crippen molar-refractivity contribution in [2.45, 2.75) is 18.9 Å². The molecule has 4 heterocycles. The number of halogens is 1. The molecule has 0 unspecified atom stereocenters. The minimum Gasteiger partial charge on any atom is -0.337 e. The first kappa shape index (κ1) is 21.9. The van der Waals surface area contributed by atoms with E-state index in [4.69, 9.17) is 16.7 Å². The van der Waals surface area contributed by atoms with Crippen LogP contribution in [-0.4, -0.2) is 43.2 Å². The van der Waals surface area contributed by atoms with Crippen molar-refractivity contribution in [1.29, 1.82) is 0 Å². The van der Waals surface area contributed by atoms with Gasteiger partial charge in [-0.15, -0.1) is 11.3 Å². The van der Waals surface area contributed by atoms with Gasteiger partial charge in [-0.1, -0.05) is 29.8 Å². The van der Waals surface area contributed by atoms with E-state index in [1.54, 1.807) is 28.2 Å². The molecule has 6 rings (SSSR count). The highest BCUT2D eigenvalue weighted by Gasteiger charge is 2.29. The molecule has 0 radical (unpaired) electrons. The average molecular weight is 504 g/mol. The molecule has 9 heteroatoms. The number of likely N-dealkylation sites (tertiary alicyclic amines) is 1. The third-order valence-electron chi connectivity index (χ3n) is 6.51. The Kier molecular flexibility index (Phi) is 5.54. The summed E-state index contributed by atoms with van der Waals surface area (Å²) in [5.41, 5.74) is 3.70. The first-order chi connectivity index (χ1) is 17.1. The Balaban J connectivity index is 1.28. The van der Waals surface area contributed by atoms with Crippen LogP contribution >= 0.6 is 22.9 Å². The minimum atomic E-state index is -0.0996. The summed E-state index contributed by atoms with van der Waals surface area (Å²) in [4.78, 5) is 32.1. The zero-order chi connectivity index (χ0) is 23.9. The lowest BCUT2D eigenvalue weighted by molar-refractivity contribution is 0.0685. The smallest absolute Gasteiger partial charge is 0.326 e. The largest absolute Gasteiger partial charge is 0.337 e. The minimum absolute atomic E-state index is 0.0468. The molecular formula is C26H22ClN5O2S. The van der Waals surface area contributed by atoms with Gasteiger partial charge in [-0.3, -0.25) is 9.36 Å². The van der Waals surface area contributed by atoms with Crippen molar-refractivity contribution in [2.24, 2.45) is 0 Å². The van der Waals surface area contributed by atoms with E-state index in [0.29, 0.717) is 36.6 Å². The molecule has 5 aromatic rings. The van der Waals surface area contributed by atoms with Crippen LogP contribution in [0.4, 0.5) is 0 Å². The van der Waals surface area contributed by atoms with Gasteiger partial charge in [-0.05, 0) is 66.8 Å². The number of H-pyrrole nitrogens is 1. The van der Waals surface area contributed by atoms with Crippen molar-refractivity contribution < 1.29 is 4.79 Å². The van der Waals surface area contributed by atoms with Gasteiger partial charge >= 0.3 is 5.69 Å². The van der Waals surface area contributed by atoms with Gasteiger partial charge in [0.15, 0.2) is 0 Å². The summed E-state index contributed by atoms with van der Waals surface area (Å²) in [5, 5.41) is 7.38. The van der Waals surface area contributed by atoms with E-state index in [1.165, 1.54) is 0 Å². The number of nitrogens with one attached hydrogen (secondary N) is 1. The first-order valence-electron chi connectivity index (χ1n) is 11.5. The van der Waals surface area contributed by atoms with Crippen LogP contribution in [0.25, 0.3) is 27.3 Å². The van der Waals surface area contributed by atoms with Crippen molar-refractivity contribution in [3.8, 4) is 16.3 Å². The number of aromatic nitrogens is 4. The second-order valence-corrected chi connectivity index (χ2v) is 10.0. The molecule has 0 spiro atoms. The normalized spacial score (nSPS) is 14.6. The highest BCUT2D eigenvalue weighted by molar-refractivity contribution is 7.13. The molecule has 35 heavy (non-hydrogen) atoms. The summed E-state index contributed by atoms with van der Waals surface area (Å²) in [6.45, 7) is 1.13. The molecular weight excluding hydrogens is 482 g/mol. The van der Waals surface area contributed by atoms with E-state index in [0.717, 1.165) is 27.3 Å². The van der Waals surface area contributed by atoms with Crippen LogP contribution in [0.2, 0.25) is 5.02 Å². The Morgan fingerprint density at radius 3 is 2.54 bits per heavy atom. The predicted molar refractivity (Wildman–Crippen MR) is 139 cm³/mol. The molecule has 1 fully saturated rings. The van der Waals surface area contributed by atoms with Gasteiger partial charge in [0.05, 0.1) is 21.6 Å². The van der Waals surface area contributed by atoms with Crippen molar-refractivity contribution in [3.05, 3.63) is 93.3 Å². The molecule has 0 atom stereocenters. The number of aromatic amines is 1. The number of amides is 1. The van der Waals surface area contributed by atoms with Crippen LogP contribution in [0.1, 0.15) is 29.4 Å². The number of rotatable bonds is 4. The molecule has 0 saturated carbocycles. The number of nitrogens with zero attached hydrogens (tertiary/aromatic N) is 4. The van der Waals surface area contributed by atoms with E-state index >= 15 is 0 Å². The summed E-state index contributed by atoms with van der Waals surface area (Å²) < 4.78 is 3.54. The number of imidazole rings is 1. The summed E-state index contributed by atoms with van der Waals surface area (Å²) >= 11 is 7.67. The highest BCUT2D eigenvalue weighted by atomic mass is 35.5. The van der Waals surface area contributed by atoms with Crippen LogP contribution in [0, 0.1) is 0 Å². The summed E-state index contributed by atoms with van der Waals surface area (Å²) in [7, 11) is 0. The average Bonchev–Trinajstić information content (AvgIpc) is 3.62. The number of thiophene rings is 1. The Morgan fingerprint density at radius 1 is 1.03 bits per heavy atom. The molecule has 176 valence electrons. The number of hydrogen-bond acceptors (Lipinski definition) is 4. The maximum atomic E-state index is 13.7. The van der Waals surface area contributed by atoms with Gasteiger partial charge in [-0.2, -0.15) is 5.10 Å². The zero-order valence-corrected chi connectivity index (χ0v) is 20.3. The van der Waals surface area contributed by atoms with Crippen molar-refractivity contribution in [2.75, 3.05) is 13.1 Å². The van der Waals surface area contributed by atoms with Gasteiger partial charge in [0, 0.05) is 24.2 Å². The third kappa shape index (κ3) is 3.98. The van der Waals surface area contributed by atoms with E-state index in [-0.39, 0.29) is 17.6 Å². The number of piperidine rings is 1. The Morgan fingerprint density at radius 2 is 1.80 bits per heavy atom. The Labute approximate surface area is 210 Å². The zero-order valence-electron chi connectivity index (χ0n) is 18.7. The van der Waals surface area contributed by atoms with Gasteiger partial charge in [0.1, 0.15) is 11.4 Å². The second kappa shape index (κ2) is 8.87. The van der Waals surface area contributed by atoms with Crippen LogP contribution in [0.5, 0.6) is 0 Å². The van der Waals surface area contributed by atoms with E-state index in [9.17, 15) is 9.59 Å². The SMILES string of the molecule is O=C(c1cc(-c2cccs2)nn1-c1ccc(Cl)cc1)N1CCC(n2c(=O)[nH]c3ccccc32)CC1. The van der Waals surface area contributed by atoms with Gasteiger partial charge < -0.3 is 9.88 Å². The monoisotopic (exact) mass is 503 g/mol. The number of fused-ring (bicyclic) bond motifs is 1. The standard InChI is InChI=1S/C26H22ClN5O2S/c27-17-7-9-19(10-8-17)32-23(16-21(29-32)24-6-3-15-35-24)25(33)30-13-11-18(12-14-30)31-22-5-2-1-4-20(22)28-26(31)34/h1-10,15-16,18H,11-14H2,(H,28,34). The molecule has 3 aromatic heterocycles. The first-order valence-corrected chi connectivity index (χ1v) is 12.7. The molecule has 1 N–H and O–H groups in total. The van der Waals surface area contributed by atoms with Crippen LogP contribution in [-0.2, 0) is 0 Å². The van der Waals surface area contributed by atoms with Crippen molar-refractivity contribution in [1.82, 2.24) is 24.2 Å². The maximum absolute atomic E-state index is 13.7. The quantitative estimate of drug-likeness (QED) is 0.358. The topological polar surface area (TPSA) is 75.9 Å². The van der Waals surface area contributed by atoms with E-state index in [1.807, 2.05) is 69.4 Å². The number of hydrogen-bond donors (Lipinski definition) is 1. The van der Waals surface area contributed by atoms with Gasteiger partial charge in [0.2, 0.25) is 0 Å². The van der Waals surface area contributed by atoms with Gasteiger partial charge in [0.25, 0.3) is 5.91 Å².